The van der Waals surface area contributed by atoms with E-state index < -0.39 is 0 Å². The number of hydrogen-bond donors (Lipinski definition) is 2. The number of aromatic hydroxyl groups is 1. The minimum atomic E-state index is 0.343. The van der Waals surface area contributed by atoms with E-state index in [4.69, 9.17) is 4.99 Å². The number of anilines is 1. The largest absolute Gasteiger partial charge is 0.506 e. The van der Waals surface area contributed by atoms with E-state index in [2.05, 4.69) is 51.3 Å². The first-order valence-corrected chi connectivity index (χ1v) is 10.6. The quantitative estimate of drug-likeness (QED) is 0.506. The second kappa shape index (κ2) is 9.48. The minimum Gasteiger partial charge on any atom is -0.506 e. The molecule has 0 unspecified atom stereocenters. The second-order valence-corrected chi connectivity index (χ2v) is 7.44. The van der Waals surface area contributed by atoms with Crippen molar-refractivity contribution in [3.05, 3.63) is 66.4 Å². The van der Waals surface area contributed by atoms with Gasteiger partial charge in [-0.15, -0.1) is 0 Å². The van der Waals surface area contributed by atoms with Gasteiger partial charge in [-0.1, -0.05) is 36.4 Å². The molecule has 1 fully saturated rings. The summed E-state index contributed by atoms with van der Waals surface area (Å²) in [6, 6.07) is 18.0. The second-order valence-electron chi connectivity index (χ2n) is 7.44. The lowest BCUT2D eigenvalue weighted by Gasteiger charge is -2.37. The third-order valence-corrected chi connectivity index (χ3v) is 5.50. The Labute approximate surface area is 177 Å². The number of guanidine groups is 1. The average molecular weight is 404 g/mol. The number of phenols is 1. The highest BCUT2D eigenvalue weighted by molar-refractivity contribution is 5.82. The zero-order valence-corrected chi connectivity index (χ0v) is 17.5. The highest BCUT2D eigenvalue weighted by Gasteiger charge is 2.21. The maximum atomic E-state index is 10.1. The molecular weight excluding hydrogens is 374 g/mol. The highest BCUT2D eigenvalue weighted by atomic mass is 16.3. The molecule has 1 aliphatic rings. The van der Waals surface area contributed by atoms with Crippen LogP contribution < -0.4 is 10.2 Å². The molecule has 3 aromatic rings. The topological polar surface area (TPSA) is 64.0 Å². The van der Waals surface area contributed by atoms with E-state index in [0.29, 0.717) is 5.75 Å². The third-order valence-electron chi connectivity index (χ3n) is 5.50. The summed E-state index contributed by atoms with van der Waals surface area (Å²) in [7, 11) is 0. The van der Waals surface area contributed by atoms with Crippen LogP contribution in [0.25, 0.3) is 10.9 Å². The standard InChI is InChI=1S/C24H29N5O/c1-2-25-24(27-14-12-20-8-5-7-19-9-6-13-26-23(19)20)29-17-15-28(16-18-29)21-10-3-4-11-22(21)30/h3-11,13,30H,2,12,14-18H2,1H3,(H,25,27). The van der Waals surface area contributed by atoms with Gasteiger partial charge < -0.3 is 20.2 Å². The molecule has 6 heteroatoms. The maximum absolute atomic E-state index is 10.1. The van der Waals surface area contributed by atoms with Crippen LogP contribution >= 0.6 is 0 Å². The first kappa shape index (κ1) is 20.0. The van der Waals surface area contributed by atoms with Crippen LogP contribution in [0.3, 0.4) is 0 Å². The van der Waals surface area contributed by atoms with Crippen molar-refractivity contribution < 1.29 is 5.11 Å². The number of pyridine rings is 1. The number of hydrogen-bond acceptors (Lipinski definition) is 4. The number of nitrogens with one attached hydrogen (secondary N) is 1. The zero-order valence-electron chi connectivity index (χ0n) is 17.5. The highest BCUT2D eigenvalue weighted by Crippen LogP contribution is 2.27. The van der Waals surface area contributed by atoms with Gasteiger partial charge in [0.05, 0.1) is 11.2 Å². The molecule has 0 atom stereocenters. The van der Waals surface area contributed by atoms with Crippen molar-refractivity contribution in [2.24, 2.45) is 4.99 Å². The van der Waals surface area contributed by atoms with Crippen molar-refractivity contribution >= 4 is 22.5 Å². The number of aromatic nitrogens is 1. The van der Waals surface area contributed by atoms with Gasteiger partial charge in [0.15, 0.2) is 5.96 Å². The molecule has 2 aromatic carbocycles. The number of para-hydroxylation sites is 3. The Morgan fingerprint density at radius 1 is 1.03 bits per heavy atom. The lowest BCUT2D eigenvalue weighted by Crippen LogP contribution is -2.52. The predicted octanol–water partition coefficient (Wildman–Crippen LogP) is 3.27. The first-order chi connectivity index (χ1) is 14.8. The van der Waals surface area contributed by atoms with E-state index in [-0.39, 0.29) is 0 Å². The van der Waals surface area contributed by atoms with Crippen molar-refractivity contribution in [2.75, 3.05) is 44.2 Å². The Kier molecular flexibility index (Phi) is 6.32. The molecule has 0 radical (unpaired) electrons. The summed E-state index contributed by atoms with van der Waals surface area (Å²) in [4.78, 5) is 14.0. The fraction of sp³-hybridized carbons (Fsp3) is 0.333. The normalized spacial score (nSPS) is 14.9. The van der Waals surface area contributed by atoms with Crippen molar-refractivity contribution in [2.45, 2.75) is 13.3 Å². The fourth-order valence-electron chi connectivity index (χ4n) is 3.97. The van der Waals surface area contributed by atoms with Gasteiger partial charge in [0.2, 0.25) is 0 Å². The van der Waals surface area contributed by atoms with Crippen LogP contribution in [-0.4, -0.2) is 60.2 Å². The Bertz CT molecular complexity index is 1010. The fourth-order valence-corrected chi connectivity index (χ4v) is 3.97. The molecule has 0 spiro atoms. The summed E-state index contributed by atoms with van der Waals surface area (Å²) in [6.45, 7) is 7.12. The molecule has 0 saturated carbocycles. The molecular formula is C24H29N5O. The summed E-state index contributed by atoms with van der Waals surface area (Å²) in [6.07, 6.45) is 2.71. The van der Waals surface area contributed by atoms with Crippen LogP contribution in [0.4, 0.5) is 5.69 Å². The lowest BCUT2D eigenvalue weighted by molar-refractivity contribution is 0.370. The average Bonchev–Trinajstić information content (AvgIpc) is 2.79. The smallest absolute Gasteiger partial charge is 0.194 e. The molecule has 30 heavy (non-hydrogen) atoms. The minimum absolute atomic E-state index is 0.343. The number of benzene rings is 2. The lowest BCUT2D eigenvalue weighted by atomic mass is 10.1. The number of nitrogens with zero attached hydrogens (tertiary/aromatic N) is 4. The van der Waals surface area contributed by atoms with Gasteiger partial charge in [-0.3, -0.25) is 9.98 Å². The number of aliphatic imine (C=N–C) groups is 1. The van der Waals surface area contributed by atoms with E-state index in [9.17, 15) is 5.11 Å². The van der Waals surface area contributed by atoms with Crippen LogP contribution in [-0.2, 0) is 6.42 Å². The summed E-state index contributed by atoms with van der Waals surface area (Å²) in [5.74, 6) is 1.30. The van der Waals surface area contributed by atoms with Crippen molar-refractivity contribution in [3.63, 3.8) is 0 Å². The molecule has 1 aliphatic heterocycles. The van der Waals surface area contributed by atoms with Crippen LogP contribution in [0, 0.1) is 0 Å². The van der Waals surface area contributed by atoms with Crippen LogP contribution in [0.2, 0.25) is 0 Å². The Morgan fingerprint density at radius 3 is 2.63 bits per heavy atom. The molecule has 2 heterocycles. The van der Waals surface area contributed by atoms with E-state index in [1.54, 1.807) is 6.07 Å². The molecule has 156 valence electrons. The number of piperazine rings is 1. The maximum Gasteiger partial charge on any atom is 0.194 e. The molecule has 1 saturated heterocycles. The zero-order chi connectivity index (χ0) is 20.8. The van der Waals surface area contributed by atoms with Crippen molar-refractivity contribution in [1.82, 2.24) is 15.2 Å². The molecule has 4 rings (SSSR count). The van der Waals surface area contributed by atoms with Crippen molar-refractivity contribution in [3.8, 4) is 5.75 Å². The van der Waals surface area contributed by atoms with Gasteiger partial charge in [0, 0.05) is 50.9 Å². The summed E-state index contributed by atoms with van der Waals surface area (Å²) in [5.41, 5.74) is 3.20. The SMILES string of the molecule is CCNC(=NCCc1cccc2cccnc12)N1CCN(c2ccccc2O)CC1. The first-order valence-electron chi connectivity index (χ1n) is 10.6. The Morgan fingerprint density at radius 2 is 1.83 bits per heavy atom. The van der Waals surface area contributed by atoms with E-state index in [1.807, 2.05) is 30.5 Å². The van der Waals surface area contributed by atoms with Crippen LogP contribution in [0.5, 0.6) is 5.75 Å². The van der Waals surface area contributed by atoms with Gasteiger partial charge in [0.25, 0.3) is 0 Å². The molecule has 1 aromatic heterocycles. The summed E-state index contributed by atoms with van der Waals surface area (Å²) >= 11 is 0. The van der Waals surface area contributed by atoms with Gasteiger partial charge in [-0.2, -0.15) is 0 Å². The summed E-state index contributed by atoms with van der Waals surface area (Å²) in [5, 5.41) is 14.7. The molecule has 0 aliphatic carbocycles. The number of rotatable bonds is 5. The Balaban J connectivity index is 1.40. The van der Waals surface area contributed by atoms with Crippen LogP contribution in [0.15, 0.2) is 65.8 Å². The van der Waals surface area contributed by atoms with E-state index in [1.165, 1.54) is 10.9 Å². The van der Waals surface area contributed by atoms with Gasteiger partial charge >= 0.3 is 0 Å². The molecule has 0 bridgehead atoms. The predicted molar refractivity (Wildman–Crippen MR) is 123 cm³/mol. The van der Waals surface area contributed by atoms with Gasteiger partial charge in [-0.05, 0) is 37.1 Å². The van der Waals surface area contributed by atoms with Crippen LogP contribution in [0.1, 0.15) is 12.5 Å². The number of phenolic OH excluding ortho intramolecular Hbond substituents is 1. The Hall–Kier alpha value is -3.28. The van der Waals surface area contributed by atoms with Crippen molar-refractivity contribution in [1.29, 1.82) is 0 Å². The monoisotopic (exact) mass is 403 g/mol. The van der Waals surface area contributed by atoms with Gasteiger partial charge in [-0.25, -0.2) is 0 Å². The third kappa shape index (κ3) is 4.48. The molecule has 2 N–H and O–H groups in total. The van der Waals surface area contributed by atoms with Gasteiger partial charge in [0.1, 0.15) is 5.75 Å². The molecule has 0 amide bonds. The summed E-state index contributed by atoms with van der Waals surface area (Å²) < 4.78 is 0. The number of fused-ring (bicyclic) bond motifs is 1. The van der Waals surface area contributed by atoms with E-state index in [0.717, 1.165) is 62.9 Å². The molecule has 6 nitrogen and oxygen atoms in total. The van der Waals surface area contributed by atoms with E-state index >= 15 is 0 Å².